The summed E-state index contributed by atoms with van der Waals surface area (Å²) in [7, 11) is 1.53. The van der Waals surface area contributed by atoms with Gasteiger partial charge in [0.1, 0.15) is 11.5 Å². The van der Waals surface area contributed by atoms with Crippen LogP contribution < -0.4 is 14.8 Å². The SMILES string of the molecule is COc1ccc(CSC(=O)Nc2ccc(OC(F)(F)F)cc2C(=O)O)cc1. The second-order valence-electron chi connectivity index (χ2n) is 5.11. The third kappa shape index (κ3) is 6.41. The second-order valence-corrected chi connectivity index (χ2v) is 6.06. The zero-order valence-corrected chi connectivity index (χ0v) is 14.7. The maximum absolute atomic E-state index is 12.2. The highest BCUT2D eigenvalue weighted by atomic mass is 32.2. The molecule has 0 unspecified atom stereocenters. The van der Waals surface area contributed by atoms with E-state index in [0.717, 1.165) is 29.5 Å². The molecular formula is C17H14F3NO5S. The Morgan fingerprint density at radius 2 is 1.74 bits per heavy atom. The number of nitrogens with one attached hydrogen (secondary N) is 1. The van der Waals surface area contributed by atoms with Gasteiger partial charge < -0.3 is 19.9 Å². The van der Waals surface area contributed by atoms with Crippen molar-refractivity contribution in [2.24, 2.45) is 0 Å². The first-order valence-electron chi connectivity index (χ1n) is 7.38. The largest absolute Gasteiger partial charge is 0.573 e. The van der Waals surface area contributed by atoms with Crippen LogP contribution in [0, 0.1) is 0 Å². The fourth-order valence-electron chi connectivity index (χ4n) is 2.02. The van der Waals surface area contributed by atoms with Crippen molar-refractivity contribution >= 4 is 28.7 Å². The predicted molar refractivity (Wildman–Crippen MR) is 93.4 cm³/mol. The van der Waals surface area contributed by atoms with Crippen LogP contribution in [0.25, 0.3) is 0 Å². The van der Waals surface area contributed by atoms with Crippen LogP contribution in [0.5, 0.6) is 11.5 Å². The number of amides is 1. The highest BCUT2D eigenvalue weighted by Gasteiger charge is 2.31. The molecule has 144 valence electrons. The van der Waals surface area contributed by atoms with Gasteiger partial charge in [0.05, 0.1) is 18.4 Å². The lowest BCUT2D eigenvalue weighted by atomic mass is 10.1. The average Bonchev–Trinajstić information content (AvgIpc) is 2.60. The number of anilines is 1. The van der Waals surface area contributed by atoms with E-state index in [4.69, 9.17) is 9.84 Å². The Bertz CT molecular complexity index is 824. The highest BCUT2D eigenvalue weighted by Crippen LogP contribution is 2.28. The van der Waals surface area contributed by atoms with Gasteiger partial charge in [-0.15, -0.1) is 13.2 Å². The first kappa shape index (κ1) is 20.4. The lowest BCUT2D eigenvalue weighted by Crippen LogP contribution is -2.18. The number of aromatic carboxylic acids is 1. The van der Waals surface area contributed by atoms with Crippen LogP contribution in [0.3, 0.4) is 0 Å². The summed E-state index contributed by atoms with van der Waals surface area (Å²) in [5.74, 6) is -1.21. The molecule has 0 aliphatic rings. The van der Waals surface area contributed by atoms with Crippen molar-refractivity contribution in [2.45, 2.75) is 12.1 Å². The summed E-state index contributed by atoms with van der Waals surface area (Å²) in [6.07, 6.45) is -4.95. The molecule has 1 amide bonds. The van der Waals surface area contributed by atoms with E-state index < -0.39 is 28.9 Å². The minimum atomic E-state index is -4.95. The number of hydrogen-bond acceptors (Lipinski definition) is 5. The van der Waals surface area contributed by atoms with Crippen molar-refractivity contribution in [1.29, 1.82) is 0 Å². The first-order chi connectivity index (χ1) is 12.7. The molecule has 0 bridgehead atoms. The molecule has 0 fully saturated rings. The van der Waals surface area contributed by atoms with Gasteiger partial charge in [-0.25, -0.2) is 4.79 Å². The number of carboxylic acids is 1. The molecule has 0 atom stereocenters. The van der Waals surface area contributed by atoms with Gasteiger partial charge in [-0.3, -0.25) is 4.79 Å². The molecule has 27 heavy (non-hydrogen) atoms. The highest BCUT2D eigenvalue weighted by molar-refractivity contribution is 8.13. The van der Waals surface area contributed by atoms with Gasteiger partial charge in [-0.05, 0) is 35.9 Å². The van der Waals surface area contributed by atoms with E-state index in [2.05, 4.69) is 10.1 Å². The number of alkyl halides is 3. The molecule has 0 saturated heterocycles. The van der Waals surface area contributed by atoms with E-state index in [1.54, 1.807) is 24.3 Å². The van der Waals surface area contributed by atoms with Gasteiger partial charge in [-0.2, -0.15) is 0 Å². The number of rotatable bonds is 6. The van der Waals surface area contributed by atoms with Gasteiger partial charge in [-0.1, -0.05) is 23.9 Å². The summed E-state index contributed by atoms with van der Waals surface area (Å²) in [6, 6.07) is 9.65. The Hall–Kier alpha value is -2.88. The van der Waals surface area contributed by atoms with Crippen molar-refractivity contribution in [2.75, 3.05) is 12.4 Å². The third-order valence-electron chi connectivity index (χ3n) is 3.22. The Kier molecular flexibility index (Phi) is 6.56. The van der Waals surface area contributed by atoms with Crippen LogP contribution in [0.1, 0.15) is 15.9 Å². The Morgan fingerprint density at radius 3 is 2.30 bits per heavy atom. The van der Waals surface area contributed by atoms with Gasteiger partial charge in [0.25, 0.3) is 5.24 Å². The van der Waals surface area contributed by atoms with E-state index in [1.807, 2.05) is 0 Å². The molecule has 0 spiro atoms. The Labute approximate surface area is 156 Å². The summed E-state index contributed by atoms with van der Waals surface area (Å²) in [5, 5.41) is 11.0. The monoisotopic (exact) mass is 401 g/mol. The van der Waals surface area contributed by atoms with E-state index in [9.17, 15) is 22.8 Å². The van der Waals surface area contributed by atoms with Crippen molar-refractivity contribution in [3.8, 4) is 11.5 Å². The molecule has 2 N–H and O–H groups in total. The lowest BCUT2D eigenvalue weighted by Gasteiger charge is -2.12. The number of halogens is 3. The van der Waals surface area contributed by atoms with Crippen LogP contribution in [0.4, 0.5) is 23.7 Å². The summed E-state index contributed by atoms with van der Waals surface area (Å²) < 4.78 is 45.4. The summed E-state index contributed by atoms with van der Waals surface area (Å²) in [4.78, 5) is 23.3. The van der Waals surface area contributed by atoms with Gasteiger partial charge in [0, 0.05) is 5.75 Å². The fourth-order valence-corrected chi connectivity index (χ4v) is 2.70. The molecule has 0 aromatic heterocycles. The number of thioether (sulfide) groups is 1. The molecule has 0 aliphatic carbocycles. The number of hydrogen-bond donors (Lipinski definition) is 2. The van der Waals surface area contributed by atoms with E-state index in [1.165, 1.54) is 7.11 Å². The smallest absolute Gasteiger partial charge is 0.497 e. The molecule has 2 rings (SSSR count). The molecular weight excluding hydrogens is 387 g/mol. The molecule has 10 heteroatoms. The minimum Gasteiger partial charge on any atom is -0.497 e. The van der Waals surface area contributed by atoms with Gasteiger partial charge in [0.15, 0.2) is 0 Å². The Balaban J connectivity index is 2.04. The van der Waals surface area contributed by atoms with Crippen LogP contribution in [-0.2, 0) is 5.75 Å². The van der Waals surface area contributed by atoms with Crippen molar-refractivity contribution in [1.82, 2.24) is 0 Å². The van der Waals surface area contributed by atoms with E-state index in [0.29, 0.717) is 17.6 Å². The minimum absolute atomic E-state index is 0.135. The number of methoxy groups -OCH3 is 1. The first-order valence-corrected chi connectivity index (χ1v) is 8.36. The third-order valence-corrected chi connectivity index (χ3v) is 4.06. The van der Waals surface area contributed by atoms with Crippen LogP contribution in [0.2, 0.25) is 0 Å². The molecule has 6 nitrogen and oxygen atoms in total. The predicted octanol–water partition coefficient (Wildman–Crippen LogP) is 4.76. The average molecular weight is 401 g/mol. The van der Waals surface area contributed by atoms with E-state index in [-0.39, 0.29) is 5.69 Å². The number of carbonyl (C=O) groups is 2. The van der Waals surface area contributed by atoms with Gasteiger partial charge >= 0.3 is 12.3 Å². The maximum Gasteiger partial charge on any atom is 0.573 e. The fraction of sp³-hybridized carbons (Fsp3) is 0.176. The van der Waals surface area contributed by atoms with E-state index >= 15 is 0 Å². The molecule has 2 aromatic carbocycles. The number of benzene rings is 2. The zero-order valence-electron chi connectivity index (χ0n) is 13.9. The quantitative estimate of drug-likeness (QED) is 0.726. The summed E-state index contributed by atoms with van der Waals surface area (Å²) >= 11 is 0.877. The molecule has 2 aromatic rings. The van der Waals surface area contributed by atoms with Crippen molar-refractivity contribution in [3.05, 3.63) is 53.6 Å². The number of ether oxygens (including phenoxy) is 2. The van der Waals surface area contributed by atoms with Crippen molar-refractivity contribution in [3.63, 3.8) is 0 Å². The van der Waals surface area contributed by atoms with Gasteiger partial charge in [0.2, 0.25) is 0 Å². The van der Waals surface area contributed by atoms with Crippen molar-refractivity contribution < 1.29 is 37.3 Å². The molecule has 0 saturated carbocycles. The summed E-state index contributed by atoms with van der Waals surface area (Å²) in [6.45, 7) is 0. The standard InChI is InChI=1S/C17H14F3NO5S/c1-25-11-4-2-10(3-5-11)9-27-16(24)21-14-7-6-12(26-17(18,19)20)8-13(14)15(22)23/h2-8H,9H2,1H3,(H,21,24)(H,22,23). The number of carbonyl (C=O) groups excluding carboxylic acids is 1. The van der Waals surface area contributed by atoms with Crippen LogP contribution >= 0.6 is 11.8 Å². The lowest BCUT2D eigenvalue weighted by molar-refractivity contribution is -0.274. The normalized spacial score (nSPS) is 11.0. The molecule has 0 radical (unpaired) electrons. The second kappa shape index (κ2) is 8.67. The topological polar surface area (TPSA) is 84.9 Å². The number of carboxylic acid groups (broad SMARTS) is 1. The maximum atomic E-state index is 12.2. The Morgan fingerprint density at radius 1 is 1.11 bits per heavy atom. The molecule has 0 heterocycles. The zero-order chi connectivity index (χ0) is 20.0. The molecule has 0 aliphatic heterocycles. The van der Waals surface area contributed by atoms with Crippen LogP contribution in [-0.4, -0.2) is 29.8 Å². The van der Waals surface area contributed by atoms with Crippen LogP contribution in [0.15, 0.2) is 42.5 Å². The summed E-state index contributed by atoms with van der Waals surface area (Å²) in [5.41, 5.74) is 0.183.